The predicted octanol–water partition coefficient (Wildman–Crippen LogP) is 1.48. The number of para-hydroxylation sites is 1. The summed E-state index contributed by atoms with van der Waals surface area (Å²) in [7, 11) is 2.74. The topological polar surface area (TPSA) is 59.3 Å². The lowest BCUT2D eigenvalue weighted by Crippen LogP contribution is -2.13. The van der Waals surface area contributed by atoms with E-state index in [9.17, 15) is 4.79 Å². The molecule has 0 heterocycles. The Bertz CT molecular complexity index is 395. The Morgan fingerprint density at radius 3 is 2.60 bits per heavy atom. The first-order chi connectivity index (χ1) is 7.24. The lowest BCUT2D eigenvalue weighted by atomic mass is 10.00. The van der Waals surface area contributed by atoms with E-state index in [1.165, 1.54) is 14.2 Å². The normalized spacial score (nSPS) is 11.3. The first kappa shape index (κ1) is 11.1. The molecule has 1 rings (SSSR count). The molecule has 0 aromatic heterocycles. The first-order valence-electron chi connectivity index (χ1n) is 4.35. The highest BCUT2D eigenvalue weighted by atomic mass is 16.5. The Morgan fingerprint density at radius 1 is 1.40 bits per heavy atom. The zero-order valence-corrected chi connectivity index (χ0v) is 8.56. The molecule has 0 saturated carbocycles. The van der Waals surface area contributed by atoms with Gasteiger partial charge in [-0.2, -0.15) is 5.26 Å². The van der Waals surface area contributed by atoms with Crippen LogP contribution in [0.5, 0.6) is 5.75 Å². The summed E-state index contributed by atoms with van der Waals surface area (Å²) >= 11 is 0. The zero-order valence-electron chi connectivity index (χ0n) is 8.56. The summed E-state index contributed by atoms with van der Waals surface area (Å²) < 4.78 is 9.60. The van der Waals surface area contributed by atoms with Crippen molar-refractivity contribution in [2.24, 2.45) is 0 Å². The number of hydrogen-bond acceptors (Lipinski definition) is 4. The summed E-state index contributed by atoms with van der Waals surface area (Å²) in [6.45, 7) is 0. The van der Waals surface area contributed by atoms with E-state index in [1.807, 2.05) is 6.07 Å². The van der Waals surface area contributed by atoms with Crippen molar-refractivity contribution in [1.82, 2.24) is 0 Å². The summed E-state index contributed by atoms with van der Waals surface area (Å²) in [4.78, 5) is 11.3. The second-order valence-electron chi connectivity index (χ2n) is 2.83. The highest BCUT2D eigenvalue weighted by Crippen LogP contribution is 2.26. The second kappa shape index (κ2) is 5.01. The molecule has 0 bridgehead atoms. The summed E-state index contributed by atoms with van der Waals surface area (Å²) in [5.74, 6) is -1.01. The summed E-state index contributed by atoms with van der Waals surface area (Å²) in [5, 5.41) is 8.89. The van der Waals surface area contributed by atoms with Crippen LogP contribution >= 0.6 is 0 Å². The van der Waals surface area contributed by atoms with Gasteiger partial charge in [0, 0.05) is 5.56 Å². The summed E-state index contributed by atoms with van der Waals surface area (Å²) in [5.41, 5.74) is 0.523. The molecule has 1 unspecified atom stereocenters. The number of methoxy groups -OCH3 is 2. The number of nitrogens with zero attached hydrogens (tertiary/aromatic N) is 1. The quantitative estimate of drug-likeness (QED) is 0.701. The number of hydrogen-bond donors (Lipinski definition) is 0. The Morgan fingerprint density at radius 2 is 2.07 bits per heavy atom. The van der Waals surface area contributed by atoms with Crippen LogP contribution in [0, 0.1) is 11.3 Å². The van der Waals surface area contributed by atoms with E-state index in [4.69, 9.17) is 10.00 Å². The average molecular weight is 205 g/mol. The standard InChI is InChI=1S/C11H11NO3/c1-14-10-6-4-3-5-8(10)9(7-12)11(13)15-2/h3-6,9H,1-2H3. The van der Waals surface area contributed by atoms with Gasteiger partial charge in [0.25, 0.3) is 0 Å². The minimum absolute atomic E-state index is 0.509. The maximum absolute atomic E-state index is 11.3. The Balaban J connectivity index is 3.13. The number of nitriles is 1. The van der Waals surface area contributed by atoms with Gasteiger partial charge in [0.05, 0.1) is 20.3 Å². The van der Waals surface area contributed by atoms with Gasteiger partial charge in [-0.05, 0) is 6.07 Å². The Hall–Kier alpha value is -2.02. The molecule has 4 nitrogen and oxygen atoms in total. The molecule has 78 valence electrons. The molecule has 1 aromatic rings. The molecule has 0 aliphatic rings. The van der Waals surface area contributed by atoms with Crippen LogP contribution in [-0.2, 0) is 9.53 Å². The maximum Gasteiger partial charge on any atom is 0.327 e. The van der Waals surface area contributed by atoms with Gasteiger partial charge in [-0.3, -0.25) is 4.79 Å². The van der Waals surface area contributed by atoms with Crippen LogP contribution in [0.3, 0.4) is 0 Å². The van der Waals surface area contributed by atoms with Crippen molar-refractivity contribution in [1.29, 1.82) is 5.26 Å². The van der Waals surface area contributed by atoms with Crippen LogP contribution < -0.4 is 4.74 Å². The van der Waals surface area contributed by atoms with Crippen molar-refractivity contribution >= 4 is 5.97 Å². The van der Waals surface area contributed by atoms with Crippen molar-refractivity contribution in [3.05, 3.63) is 29.8 Å². The van der Waals surface area contributed by atoms with Crippen LogP contribution in [0.1, 0.15) is 11.5 Å². The lowest BCUT2D eigenvalue weighted by Gasteiger charge is -2.11. The number of carbonyl (C=O) groups is 1. The van der Waals surface area contributed by atoms with Crippen LogP contribution in [0.2, 0.25) is 0 Å². The summed E-state index contributed by atoms with van der Waals surface area (Å²) in [6.07, 6.45) is 0. The molecule has 0 saturated heterocycles. The van der Waals surface area contributed by atoms with Crippen LogP contribution in [-0.4, -0.2) is 20.2 Å². The Kier molecular flexibility index (Phi) is 3.69. The fourth-order valence-corrected chi connectivity index (χ4v) is 1.27. The number of rotatable bonds is 3. The number of ether oxygens (including phenoxy) is 2. The van der Waals surface area contributed by atoms with Crippen LogP contribution in [0.15, 0.2) is 24.3 Å². The minimum atomic E-state index is -0.939. The highest BCUT2D eigenvalue weighted by Gasteiger charge is 2.23. The van der Waals surface area contributed by atoms with E-state index in [2.05, 4.69) is 4.74 Å². The largest absolute Gasteiger partial charge is 0.496 e. The molecule has 0 aliphatic heterocycles. The predicted molar refractivity (Wildman–Crippen MR) is 53.4 cm³/mol. The van der Waals surface area contributed by atoms with Crippen molar-refractivity contribution in [3.63, 3.8) is 0 Å². The molecule has 0 N–H and O–H groups in total. The Labute approximate surface area is 88.0 Å². The SMILES string of the molecule is COC(=O)C(C#N)c1ccccc1OC. The van der Waals surface area contributed by atoms with E-state index >= 15 is 0 Å². The van der Waals surface area contributed by atoms with Gasteiger partial charge in [-0.1, -0.05) is 18.2 Å². The van der Waals surface area contributed by atoms with Gasteiger partial charge >= 0.3 is 5.97 Å². The molecule has 0 radical (unpaired) electrons. The second-order valence-corrected chi connectivity index (χ2v) is 2.83. The van der Waals surface area contributed by atoms with Crippen molar-refractivity contribution in [2.45, 2.75) is 5.92 Å². The fraction of sp³-hybridized carbons (Fsp3) is 0.273. The number of benzene rings is 1. The zero-order chi connectivity index (χ0) is 11.3. The van der Waals surface area contributed by atoms with E-state index < -0.39 is 11.9 Å². The maximum atomic E-state index is 11.3. The highest BCUT2D eigenvalue weighted by molar-refractivity contribution is 5.82. The van der Waals surface area contributed by atoms with Gasteiger partial charge in [0.2, 0.25) is 0 Å². The third kappa shape index (κ3) is 2.26. The van der Waals surface area contributed by atoms with Gasteiger partial charge in [0.15, 0.2) is 5.92 Å². The molecule has 0 spiro atoms. The van der Waals surface area contributed by atoms with Gasteiger partial charge < -0.3 is 9.47 Å². The van der Waals surface area contributed by atoms with Crippen molar-refractivity contribution in [2.75, 3.05) is 14.2 Å². The molecular weight excluding hydrogens is 194 g/mol. The molecule has 1 atom stereocenters. The molecule has 0 fully saturated rings. The van der Waals surface area contributed by atoms with Crippen molar-refractivity contribution in [3.8, 4) is 11.8 Å². The van der Waals surface area contributed by atoms with Crippen LogP contribution in [0.4, 0.5) is 0 Å². The van der Waals surface area contributed by atoms with E-state index in [-0.39, 0.29) is 0 Å². The molecule has 0 amide bonds. The third-order valence-corrected chi connectivity index (χ3v) is 2.02. The monoisotopic (exact) mass is 205 g/mol. The molecular formula is C11H11NO3. The summed E-state index contributed by atoms with van der Waals surface area (Å²) in [6, 6.07) is 8.77. The van der Waals surface area contributed by atoms with Crippen molar-refractivity contribution < 1.29 is 14.3 Å². The van der Waals surface area contributed by atoms with Gasteiger partial charge in [-0.25, -0.2) is 0 Å². The van der Waals surface area contributed by atoms with Gasteiger partial charge in [0.1, 0.15) is 5.75 Å². The van der Waals surface area contributed by atoms with E-state index in [1.54, 1.807) is 24.3 Å². The fourth-order valence-electron chi connectivity index (χ4n) is 1.27. The molecule has 4 heteroatoms. The third-order valence-electron chi connectivity index (χ3n) is 2.02. The average Bonchev–Trinajstić information content (AvgIpc) is 2.30. The molecule has 15 heavy (non-hydrogen) atoms. The number of esters is 1. The first-order valence-corrected chi connectivity index (χ1v) is 4.35. The smallest absolute Gasteiger partial charge is 0.327 e. The van der Waals surface area contributed by atoms with E-state index in [0.717, 1.165) is 0 Å². The lowest BCUT2D eigenvalue weighted by molar-refractivity contribution is -0.141. The van der Waals surface area contributed by atoms with E-state index in [0.29, 0.717) is 11.3 Å². The molecule has 0 aliphatic carbocycles. The van der Waals surface area contributed by atoms with Gasteiger partial charge in [-0.15, -0.1) is 0 Å². The number of carbonyl (C=O) groups excluding carboxylic acids is 1. The minimum Gasteiger partial charge on any atom is -0.496 e. The van der Waals surface area contributed by atoms with Crippen LogP contribution in [0.25, 0.3) is 0 Å². The molecule has 1 aromatic carbocycles.